The van der Waals surface area contributed by atoms with Gasteiger partial charge < -0.3 is 20.1 Å². The lowest BCUT2D eigenvalue weighted by Gasteiger charge is -2.18. The van der Waals surface area contributed by atoms with Crippen LogP contribution in [0.2, 0.25) is 0 Å². The number of thioether (sulfide) groups is 1. The summed E-state index contributed by atoms with van der Waals surface area (Å²) in [7, 11) is 0. The number of ether oxygens (including phenoxy) is 2. The minimum atomic E-state index is -0.102. The van der Waals surface area contributed by atoms with Crippen molar-refractivity contribution in [3.05, 3.63) is 18.2 Å². The maximum atomic E-state index is 12.1. The van der Waals surface area contributed by atoms with Gasteiger partial charge in [0, 0.05) is 18.3 Å². The number of amides is 1. The lowest BCUT2D eigenvalue weighted by molar-refractivity contribution is -0.113. The van der Waals surface area contributed by atoms with Crippen LogP contribution in [0, 0.1) is 0 Å². The summed E-state index contributed by atoms with van der Waals surface area (Å²) in [4.78, 5) is 12.1. The van der Waals surface area contributed by atoms with E-state index >= 15 is 0 Å². The van der Waals surface area contributed by atoms with Crippen molar-refractivity contribution >= 4 is 39.8 Å². The van der Waals surface area contributed by atoms with Crippen LogP contribution in [0.15, 0.2) is 22.5 Å². The first kappa shape index (κ1) is 16.8. The number of nitrogens with zero attached hydrogens (tertiary/aromatic N) is 2. The monoisotopic (exact) mass is 366 g/mol. The molecule has 0 radical (unpaired) electrons. The Morgan fingerprint density at radius 2 is 2.12 bits per heavy atom. The highest BCUT2D eigenvalue weighted by Gasteiger charge is 2.13. The molecule has 0 unspecified atom stereocenters. The fourth-order valence-corrected chi connectivity index (χ4v) is 3.59. The molecule has 2 aromatic rings. The second-order valence-corrected chi connectivity index (χ2v) is 7.20. The predicted octanol–water partition coefficient (Wildman–Crippen LogP) is 2.86. The largest absolute Gasteiger partial charge is 0.486 e. The van der Waals surface area contributed by atoms with Gasteiger partial charge in [-0.2, -0.15) is 0 Å². The molecule has 3 rings (SSSR count). The minimum Gasteiger partial charge on any atom is -0.486 e. The number of aromatic nitrogens is 2. The van der Waals surface area contributed by atoms with Crippen LogP contribution in [0.1, 0.15) is 13.3 Å². The van der Waals surface area contributed by atoms with Crippen LogP contribution in [0.25, 0.3) is 0 Å². The molecule has 2 heterocycles. The fraction of sp³-hybridized carbons (Fsp3) is 0.400. The molecule has 0 spiro atoms. The topological polar surface area (TPSA) is 85.4 Å². The molecule has 1 aromatic heterocycles. The molecule has 1 aromatic carbocycles. The highest BCUT2D eigenvalue weighted by atomic mass is 32.2. The Bertz CT molecular complexity index is 708. The fourth-order valence-electron chi connectivity index (χ4n) is 2.02. The zero-order valence-electron chi connectivity index (χ0n) is 13.2. The first-order valence-corrected chi connectivity index (χ1v) is 9.44. The maximum absolute atomic E-state index is 12.1. The molecule has 2 N–H and O–H groups in total. The van der Waals surface area contributed by atoms with E-state index in [9.17, 15) is 4.79 Å². The Morgan fingerprint density at radius 1 is 1.29 bits per heavy atom. The summed E-state index contributed by atoms with van der Waals surface area (Å²) >= 11 is 2.82. The van der Waals surface area contributed by atoms with Crippen molar-refractivity contribution in [1.29, 1.82) is 0 Å². The molecular formula is C15H18N4O3S2. The number of fused-ring (bicyclic) bond motifs is 1. The summed E-state index contributed by atoms with van der Waals surface area (Å²) in [6, 6.07) is 5.37. The van der Waals surface area contributed by atoms with Crippen LogP contribution in [-0.2, 0) is 4.79 Å². The van der Waals surface area contributed by atoms with E-state index in [1.54, 1.807) is 18.2 Å². The normalized spacial score (nSPS) is 12.7. The van der Waals surface area contributed by atoms with E-state index in [-0.39, 0.29) is 11.7 Å². The van der Waals surface area contributed by atoms with Crippen LogP contribution in [-0.4, -0.2) is 41.6 Å². The van der Waals surface area contributed by atoms with Crippen LogP contribution >= 0.6 is 23.1 Å². The lowest BCUT2D eigenvalue weighted by atomic mass is 10.2. The van der Waals surface area contributed by atoms with Gasteiger partial charge in [0.1, 0.15) is 13.2 Å². The average Bonchev–Trinajstić information content (AvgIpc) is 3.06. The number of hydrogen-bond acceptors (Lipinski definition) is 8. The second-order valence-electron chi connectivity index (χ2n) is 5.00. The third-order valence-corrected chi connectivity index (χ3v) is 5.10. The standard InChI is InChI=1S/C15H18N4O3S2/c1-2-5-16-14-18-19-15(24-14)23-9-13(20)17-10-3-4-11-12(8-10)22-7-6-21-11/h3-4,8H,2,5-7,9H2,1H3,(H,16,18)(H,17,20). The smallest absolute Gasteiger partial charge is 0.234 e. The number of carbonyl (C=O) groups is 1. The SMILES string of the molecule is CCCNc1nnc(SCC(=O)Nc2ccc3c(c2)OCCO3)s1. The molecule has 0 saturated carbocycles. The summed E-state index contributed by atoms with van der Waals surface area (Å²) in [5.74, 6) is 1.53. The molecule has 1 aliphatic heterocycles. The molecule has 9 heteroatoms. The second kappa shape index (κ2) is 8.20. The molecule has 1 amide bonds. The van der Waals surface area contributed by atoms with Gasteiger partial charge in [0.25, 0.3) is 0 Å². The number of nitrogens with one attached hydrogen (secondary N) is 2. The van der Waals surface area contributed by atoms with E-state index in [0.717, 1.165) is 22.4 Å². The van der Waals surface area contributed by atoms with Gasteiger partial charge in [-0.25, -0.2) is 0 Å². The van der Waals surface area contributed by atoms with Gasteiger partial charge >= 0.3 is 0 Å². The maximum Gasteiger partial charge on any atom is 0.234 e. The summed E-state index contributed by atoms with van der Waals surface area (Å²) in [5, 5.41) is 14.9. The number of benzene rings is 1. The average molecular weight is 366 g/mol. The Balaban J connectivity index is 1.49. The van der Waals surface area contributed by atoms with E-state index in [1.165, 1.54) is 23.1 Å². The van der Waals surface area contributed by atoms with Crippen LogP contribution in [0.3, 0.4) is 0 Å². The van der Waals surface area contributed by atoms with Gasteiger partial charge in [0.05, 0.1) is 5.75 Å². The summed E-state index contributed by atoms with van der Waals surface area (Å²) in [6.07, 6.45) is 1.03. The highest BCUT2D eigenvalue weighted by molar-refractivity contribution is 8.01. The zero-order chi connectivity index (χ0) is 16.8. The van der Waals surface area contributed by atoms with E-state index in [0.29, 0.717) is 30.4 Å². The van der Waals surface area contributed by atoms with Gasteiger partial charge in [0.2, 0.25) is 11.0 Å². The first-order valence-electron chi connectivity index (χ1n) is 7.64. The van der Waals surface area contributed by atoms with Gasteiger partial charge in [-0.15, -0.1) is 10.2 Å². The van der Waals surface area contributed by atoms with Crippen LogP contribution in [0.5, 0.6) is 11.5 Å². The molecule has 0 atom stereocenters. The van der Waals surface area contributed by atoms with Crippen molar-refractivity contribution in [3.63, 3.8) is 0 Å². The summed E-state index contributed by atoms with van der Waals surface area (Å²) in [6.45, 7) is 4.02. The molecule has 128 valence electrons. The van der Waals surface area contributed by atoms with Gasteiger partial charge in [-0.1, -0.05) is 30.0 Å². The molecule has 0 aliphatic carbocycles. The number of rotatable bonds is 7. The van der Waals surface area contributed by atoms with Crippen molar-refractivity contribution in [2.75, 3.05) is 36.1 Å². The van der Waals surface area contributed by atoms with E-state index < -0.39 is 0 Å². The third-order valence-electron chi connectivity index (χ3n) is 3.09. The van der Waals surface area contributed by atoms with Gasteiger partial charge in [0.15, 0.2) is 15.8 Å². The Hall–Kier alpha value is -2.00. The molecule has 1 aliphatic rings. The number of anilines is 2. The van der Waals surface area contributed by atoms with Crippen molar-refractivity contribution in [2.45, 2.75) is 17.7 Å². The Morgan fingerprint density at radius 3 is 2.96 bits per heavy atom. The van der Waals surface area contributed by atoms with Crippen LogP contribution < -0.4 is 20.1 Å². The summed E-state index contributed by atoms with van der Waals surface area (Å²) in [5.41, 5.74) is 0.687. The third kappa shape index (κ3) is 4.51. The van der Waals surface area contributed by atoms with Gasteiger partial charge in [-0.05, 0) is 18.6 Å². The predicted molar refractivity (Wildman–Crippen MR) is 95.5 cm³/mol. The van der Waals surface area contributed by atoms with Crippen molar-refractivity contribution in [2.24, 2.45) is 0 Å². The summed E-state index contributed by atoms with van der Waals surface area (Å²) < 4.78 is 11.7. The van der Waals surface area contributed by atoms with E-state index in [4.69, 9.17) is 9.47 Å². The van der Waals surface area contributed by atoms with Crippen LogP contribution in [0.4, 0.5) is 10.8 Å². The molecule has 24 heavy (non-hydrogen) atoms. The zero-order valence-corrected chi connectivity index (χ0v) is 14.8. The lowest BCUT2D eigenvalue weighted by Crippen LogP contribution is -2.17. The van der Waals surface area contributed by atoms with Crippen molar-refractivity contribution in [3.8, 4) is 11.5 Å². The van der Waals surface area contributed by atoms with Crippen molar-refractivity contribution < 1.29 is 14.3 Å². The Kier molecular flexibility index (Phi) is 5.76. The molecule has 7 nitrogen and oxygen atoms in total. The Labute approximate surface area is 148 Å². The molecular weight excluding hydrogens is 348 g/mol. The van der Waals surface area contributed by atoms with E-state index in [2.05, 4.69) is 27.8 Å². The molecule has 0 saturated heterocycles. The highest BCUT2D eigenvalue weighted by Crippen LogP contribution is 2.32. The van der Waals surface area contributed by atoms with Gasteiger partial charge in [-0.3, -0.25) is 4.79 Å². The number of carbonyl (C=O) groups excluding carboxylic acids is 1. The minimum absolute atomic E-state index is 0.102. The van der Waals surface area contributed by atoms with Crippen molar-refractivity contribution in [1.82, 2.24) is 10.2 Å². The molecule has 0 fully saturated rings. The first-order chi connectivity index (χ1) is 11.7. The number of hydrogen-bond donors (Lipinski definition) is 2. The molecule has 0 bridgehead atoms. The van der Waals surface area contributed by atoms with E-state index in [1.807, 2.05) is 0 Å². The quantitative estimate of drug-likeness (QED) is 0.729.